The van der Waals surface area contributed by atoms with Crippen molar-refractivity contribution in [1.29, 1.82) is 0 Å². The number of hydrogen-bond acceptors (Lipinski definition) is 4. The molecule has 31 heavy (non-hydrogen) atoms. The van der Waals surface area contributed by atoms with E-state index in [0.717, 1.165) is 23.3 Å². The Morgan fingerprint density at radius 2 is 1.81 bits per heavy atom. The summed E-state index contributed by atoms with van der Waals surface area (Å²) in [5.41, 5.74) is 1.74. The molecule has 0 aliphatic heterocycles. The van der Waals surface area contributed by atoms with Crippen molar-refractivity contribution in [2.75, 3.05) is 4.72 Å². The summed E-state index contributed by atoms with van der Waals surface area (Å²) in [6.45, 7) is 3.62. The van der Waals surface area contributed by atoms with E-state index in [1.165, 1.54) is 18.3 Å². The zero-order valence-electron chi connectivity index (χ0n) is 16.5. The van der Waals surface area contributed by atoms with Gasteiger partial charge in [-0.15, -0.1) is 0 Å². The van der Waals surface area contributed by atoms with Gasteiger partial charge >= 0.3 is 0 Å². The molecule has 2 aromatic heterocycles. The van der Waals surface area contributed by atoms with Crippen LogP contribution in [-0.2, 0) is 10.0 Å². The molecule has 0 spiro atoms. The third-order valence-corrected chi connectivity index (χ3v) is 6.11. The topological polar surface area (TPSA) is 87.7 Å². The standard InChI is InChI=1S/C22H16F2N4O2S/c1-13-3-5-17(9-14(13)2)31(29,30)28-20-8-7-19(23)18(21(20)24)6-4-15-10-16-12-26-27-22(16)25-11-15/h3,5,7-12,28H,1-2H3,(H,25,26,27). The van der Waals surface area contributed by atoms with Crippen LogP contribution in [0.1, 0.15) is 22.3 Å². The molecule has 0 saturated heterocycles. The molecule has 0 bridgehead atoms. The molecule has 0 unspecified atom stereocenters. The second-order valence-corrected chi connectivity index (χ2v) is 8.60. The average Bonchev–Trinajstić information content (AvgIpc) is 3.20. The van der Waals surface area contributed by atoms with Crippen molar-refractivity contribution in [3.8, 4) is 11.8 Å². The number of anilines is 1. The fraction of sp³-hybridized carbons (Fsp3) is 0.0909. The molecule has 2 N–H and O–H groups in total. The maximum Gasteiger partial charge on any atom is 0.261 e. The molecule has 156 valence electrons. The van der Waals surface area contributed by atoms with Crippen molar-refractivity contribution in [2.24, 2.45) is 0 Å². The smallest absolute Gasteiger partial charge is 0.261 e. The fourth-order valence-electron chi connectivity index (χ4n) is 2.87. The van der Waals surface area contributed by atoms with Crippen molar-refractivity contribution >= 4 is 26.7 Å². The van der Waals surface area contributed by atoms with Gasteiger partial charge in [0.2, 0.25) is 0 Å². The first kappa shape index (κ1) is 20.5. The predicted molar refractivity (Wildman–Crippen MR) is 113 cm³/mol. The number of aryl methyl sites for hydroxylation is 2. The Labute approximate surface area is 177 Å². The second kappa shape index (κ2) is 7.81. The molecule has 2 heterocycles. The molecule has 9 heteroatoms. The highest BCUT2D eigenvalue weighted by atomic mass is 32.2. The van der Waals surface area contributed by atoms with Gasteiger partial charge in [0, 0.05) is 17.1 Å². The van der Waals surface area contributed by atoms with E-state index in [9.17, 15) is 17.2 Å². The number of rotatable bonds is 3. The molecule has 6 nitrogen and oxygen atoms in total. The number of halogens is 2. The Balaban J connectivity index is 1.68. The minimum atomic E-state index is -4.07. The molecule has 0 aliphatic carbocycles. The van der Waals surface area contributed by atoms with Crippen LogP contribution in [0.25, 0.3) is 11.0 Å². The molecular weight excluding hydrogens is 422 g/mol. The number of pyridine rings is 1. The van der Waals surface area contributed by atoms with Crippen LogP contribution in [0, 0.1) is 37.3 Å². The normalized spacial score (nSPS) is 11.2. The first-order valence-electron chi connectivity index (χ1n) is 9.14. The molecule has 0 fully saturated rings. The lowest BCUT2D eigenvalue weighted by Crippen LogP contribution is -2.15. The van der Waals surface area contributed by atoms with Crippen LogP contribution in [0.15, 0.2) is 53.7 Å². The van der Waals surface area contributed by atoms with Crippen LogP contribution >= 0.6 is 0 Å². The van der Waals surface area contributed by atoms with Crippen LogP contribution in [0.5, 0.6) is 0 Å². The Morgan fingerprint density at radius 1 is 1.00 bits per heavy atom. The lowest BCUT2D eigenvalue weighted by atomic mass is 10.1. The van der Waals surface area contributed by atoms with Crippen LogP contribution in [0.3, 0.4) is 0 Å². The van der Waals surface area contributed by atoms with Crippen LogP contribution < -0.4 is 4.72 Å². The molecule has 2 aromatic carbocycles. The van der Waals surface area contributed by atoms with E-state index in [1.807, 2.05) is 6.92 Å². The summed E-state index contributed by atoms with van der Waals surface area (Å²) in [5.74, 6) is 3.07. The minimum Gasteiger partial charge on any atom is -0.277 e. The van der Waals surface area contributed by atoms with Crippen LogP contribution in [0.4, 0.5) is 14.5 Å². The Kier molecular flexibility index (Phi) is 5.17. The van der Waals surface area contributed by atoms with Gasteiger partial charge < -0.3 is 0 Å². The zero-order valence-corrected chi connectivity index (χ0v) is 17.3. The van der Waals surface area contributed by atoms with E-state index in [0.29, 0.717) is 16.6 Å². The summed E-state index contributed by atoms with van der Waals surface area (Å²) in [7, 11) is -4.07. The van der Waals surface area contributed by atoms with Crippen molar-refractivity contribution in [3.63, 3.8) is 0 Å². The molecule has 0 aliphatic rings. The highest BCUT2D eigenvalue weighted by Gasteiger charge is 2.20. The van der Waals surface area contributed by atoms with Gasteiger partial charge in [0.1, 0.15) is 5.82 Å². The van der Waals surface area contributed by atoms with Gasteiger partial charge in [-0.2, -0.15) is 5.10 Å². The number of aromatic nitrogens is 3. The Hall–Kier alpha value is -3.77. The summed E-state index contributed by atoms with van der Waals surface area (Å²) in [6.07, 6.45) is 2.99. The van der Waals surface area contributed by atoms with Crippen molar-refractivity contribution in [1.82, 2.24) is 15.2 Å². The average molecular weight is 438 g/mol. The summed E-state index contributed by atoms with van der Waals surface area (Å²) < 4.78 is 56.7. The van der Waals surface area contributed by atoms with Gasteiger partial charge in [0.05, 0.1) is 22.3 Å². The zero-order chi connectivity index (χ0) is 22.2. The second-order valence-electron chi connectivity index (χ2n) is 6.92. The number of sulfonamides is 1. The monoisotopic (exact) mass is 438 g/mol. The highest BCUT2D eigenvalue weighted by Crippen LogP contribution is 2.24. The van der Waals surface area contributed by atoms with Gasteiger partial charge in [-0.05, 0) is 55.3 Å². The van der Waals surface area contributed by atoms with E-state index >= 15 is 0 Å². The first-order valence-corrected chi connectivity index (χ1v) is 10.6. The number of aromatic amines is 1. The van der Waals surface area contributed by atoms with E-state index in [1.54, 1.807) is 25.3 Å². The quantitative estimate of drug-likeness (QED) is 0.473. The summed E-state index contributed by atoms with van der Waals surface area (Å²) >= 11 is 0. The molecule has 0 radical (unpaired) electrons. The summed E-state index contributed by atoms with van der Waals surface area (Å²) in [6, 6.07) is 8.22. The van der Waals surface area contributed by atoms with Crippen molar-refractivity contribution in [2.45, 2.75) is 18.7 Å². The largest absolute Gasteiger partial charge is 0.277 e. The Morgan fingerprint density at radius 3 is 2.58 bits per heavy atom. The predicted octanol–water partition coefficient (Wildman–Crippen LogP) is 4.05. The number of fused-ring (bicyclic) bond motifs is 1. The fourth-order valence-corrected chi connectivity index (χ4v) is 4.01. The first-order chi connectivity index (χ1) is 14.7. The lowest BCUT2D eigenvalue weighted by molar-refractivity contribution is 0.578. The number of nitrogens with one attached hydrogen (secondary N) is 2. The van der Waals surface area contributed by atoms with Crippen LogP contribution in [0.2, 0.25) is 0 Å². The lowest BCUT2D eigenvalue weighted by Gasteiger charge is -2.11. The molecule has 0 saturated carbocycles. The SMILES string of the molecule is Cc1ccc(S(=O)(=O)Nc2ccc(F)c(C#Cc3cnc4[nH]ncc4c3)c2F)cc1C. The molecule has 4 rings (SSSR count). The van der Waals surface area contributed by atoms with Crippen molar-refractivity contribution < 1.29 is 17.2 Å². The minimum absolute atomic E-state index is 0.0218. The molecule has 4 aromatic rings. The molecular formula is C22H16F2N4O2S. The number of benzene rings is 2. The van der Waals surface area contributed by atoms with E-state index < -0.39 is 32.9 Å². The molecule has 0 amide bonds. The van der Waals surface area contributed by atoms with Crippen LogP contribution in [-0.4, -0.2) is 23.6 Å². The number of hydrogen-bond donors (Lipinski definition) is 2. The van der Waals surface area contributed by atoms with E-state index in [2.05, 4.69) is 31.7 Å². The van der Waals surface area contributed by atoms with Gasteiger partial charge in [-0.25, -0.2) is 22.2 Å². The highest BCUT2D eigenvalue weighted by molar-refractivity contribution is 7.92. The van der Waals surface area contributed by atoms with Gasteiger partial charge in [-0.3, -0.25) is 9.82 Å². The van der Waals surface area contributed by atoms with Gasteiger partial charge in [-0.1, -0.05) is 17.9 Å². The van der Waals surface area contributed by atoms with Crippen molar-refractivity contribution in [3.05, 3.63) is 82.7 Å². The molecule has 0 atom stereocenters. The van der Waals surface area contributed by atoms with Gasteiger partial charge in [0.25, 0.3) is 10.0 Å². The third-order valence-electron chi connectivity index (χ3n) is 4.75. The maximum absolute atomic E-state index is 14.9. The number of nitrogens with zero attached hydrogens (tertiary/aromatic N) is 2. The van der Waals surface area contributed by atoms with Gasteiger partial charge in [0.15, 0.2) is 11.5 Å². The van der Waals surface area contributed by atoms with E-state index in [4.69, 9.17) is 0 Å². The summed E-state index contributed by atoms with van der Waals surface area (Å²) in [4.78, 5) is 4.09. The summed E-state index contributed by atoms with van der Waals surface area (Å²) in [5, 5.41) is 7.24. The maximum atomic E-state index is 14.9. The third kappa shape index (κ3) is 4.11. The van der Waals surface area contributed by atoms with E-state index in [-0.39, 0.29) is 4.90 Å². The number of H-pyrrole nitrogens is 1. The Bertz CT molecular complexity index is 1480.